The molecular formula is C24H27FN6O. The fourth-order valence-electron chi connectivity index (χ4n) is 4.60. The Morgan fingerprint density at radius 3 is 2.59 bits per heavy atom. The number of nitrogens with zero attached hydrogens (tertiary/aromatic N) is 4. The predicted molar refractivity (Wildman–Crippen MR) is 123 cm³/mol. The third-order valence-electron chi connectivity index (χ3n) is 6.59. The maximum Gasteiger partial charge on any atom is 0.165 e. The second-order valence-electron chi connectivity index (χ2n) is 8.87. The van der Waals surface area contributed by atoms with E-state index in [9.17, 15) is 4.39 Å². The molecule has 7 nitrogen and oxygen atoms in total. The highest BCUT2D eigenvalue weighted by Gasteiger charge is 2.36. The highest BCUT2D eigenvalue weighted by molar-refractivity contribution is 5.88. The minimum Gasteiger partial charge on any atom is -0.494 e. The molecule has 1 aliphatic rings. The molecule has 0 saturated carbocycles. The number of rotatable bonds is 4. The van der Waals surface area contributed by atoms with Gasteiger partial charge in [-0.05, 0) is 51.0 Å². The third kappa shape index (κ3) is 3.39. The predicted octanol–water partition coefficient (Wildman–Crippen LogP) is 4.67. The van der Waals surface area contributed by atoms with Crippen molar-refractivity contribution in [1.29, 1.82) is 0 Å². The number of ether oxygens (including phenoxy) is 1. The van der Waals surface area contributed by atoms with Crippen LogP contribution in [0.25, 0.3) is 22.3 Å². The summed E-state index contributed by atoms with van der Waals surface area (Å²) in [5.41, 5.74) is 4.33. The van der Waals surface area contributed by atoms with Crippen molar-refractivity contribution in [3.8, 4) is 17.0 Å². The summed E-state index contributed by atoms with van der Waals surface area (Å²) in [6.07, 6.45) is 3.49. The molecule has 0 radical (unpaired) electrons. The second-order valence-corrected chi connectivity index (χ2v) is 8.87. The van der Waals surface area contributed by atoms with E-state index < -0.39 is 0 Å². The van der Waals surface area contributed by atoms with Crippen LogP contribution in [-0.2, 0) is 5.41 Å². The number of methoxy groups -OCH3 is 1. The van der Waals surface area contributed by atoms with Crippen molar-refractivity contribution in [3.05, 3.63) is 53.6 Å². The van der Waals surface area contributed by atoms with E-state index in [1.807, 2.05) is 19.9 Å². The Bertz CT molecular complexity index is 1290. The Balaban J connectivity index is 1.39. The number of H-pyrrole nitrogens is 2. The van der Waals surface area contributed by atoms with E-state index in [1.54, 1.807) is 12.4 Å². The number of aromatic amines is 2. The van der Waals surface area contributed by atoms with Gasteiger partial charge in [0.1, 0.15) is 23.6 Å². The Morgan fingerprint density at radius 2 is 1.88 bits per heavy atom. The number of aryl methyl sites for hydroxylation is 2. The van der Waals surface area contributed by atoms with Crippen LogP contribution in [0.2, 0.25) is 0 Å². The molecule has 1 aromatic carbocycles. The van der Waals surface area contributed by atoms with Crippen molar-refractivity contribution in [2.24, 2.45) is 0 Å². The molecule has 0 amide bonds. The number of hydrogen-bond acceptors (Lipinski definition) is 5. The molecule has 1 fully saturated rings. The highest BCUT2D eigenvalue weighted by atomic mass is 19.1. The number of benzene rings is 1. The Labute approximate surface area is 186 Å². The quantitative estimate of drug-likeness (QED) is 0.488. The van der Waals surface area contributed by atoms with Gasteiger partial charge in [0.05, 0.1) is 18.2 Å². The van der Waals surface area contributed by atoms with Gasteiger partial charge in [-0.25, -0.2) is 19.3 Å². The molecule has 0 aliphatic carbocycles. The van der Waals surface area contributed by atoms with Crippen molar-refractivity contribution in [1.82, 2.24) is 24.9 Å². The van der Waals surface area contributed by atoms with Gasteiger partial charge in [-0.3, -0.25) is 0 Å². The topological polar surface area (TPSA) is 82.7 Å². The Kier molecular flexibility index (Phi) is 4.87. The molecule has 1 saturated heterocycles. The number of piperidine rings is 1. The van der Waals surface area contributed by atoms with Crippen molar-refractivity contribution >= 4 is 16.9 Å². The van der Waals surface area contributed by atoms with Crippen LogP contribution in [0.1, 0.15) is 37.0 Å². The summed E-state index contributed by atoms with van der Waals surface area (Å²) in [5.74, 6) is 1.78. The number of fused-ring (bicyclic) bond motifs is 1. The molecule has 4 aromatic rings. The van der Waals surface area contributed by atoms with Crippen LogP contribution in [0.15, 0.2) is 30.6 Å². The molecule has 1 aliphatic heterocycles. The smallest absolute Gasteiger partial charge is 0.165 e. The lowest BCUT2D eigenvalue weighted by Gasteiger charge is -2.38. The van der Waals surface area contributed by atoms with Crippen LogP contribution in [0.5, 0.6) is 5.75 Å². The number of anilines is 1. The molecule has 5 rings (SSSR count). The van der Waals surface area contributed by atoms with E-state index in [2.05, 4.69) is 37.8 Å². The molecule has 0 bridgehead atoms. The van der Waals surface area contributed by atoms with Crippen LogP contribution in [0.4, 0.5) is 10.2 Å². The second kappa shape index (κ2) is 7.62. The summed E-state index contributed by atoms with van der Waals surface area (Å²) in [7, 11) is 1.47. The van der Waals surface area contributed by atoms with Gasteiger partial charge in [-0.15, -0.1) is 0 Å². The van der Waals surface area contributed by atoms with Crippen molar-refractivity contribution in [2.75, 3.05) is 25.1 Å². The largest absolute Gasteiger partial charge is 0.494 e. The zero-order chi connectivity index (χ0) is 22.5. The fraction of sp³-hybridized carbons (Fsp3) is 0.375. The molecule has 8 heteroatoms. The molecule has 3 aromatic heterocycles. The first-order valence-electron chi connectivity index (χ1n) is 10.8. The highest BCUT2D eigenvalue weighted by Crippen LogP contribution is 2.38. The summed E-state index contributed by atoms with van der Waals surface area (Å²) in [4.78, 5) is 22.9. The van der Waals surface area contributed by atoms with Gasteiger partial charge in [-0.2, -0.15) is 0 Å². The number of imidazole rings is 1. The molecule has 32 heavy (non-hydrogen) atoms. The van der Waals surface area contributed by atoms with Gasteiger partial charge in [0.25, 0.3) is 0 Å². The van der Waals surface area contributed by atoms with E-state index in [-0.39, 0.29) is 17.0 Å². The van der Waals surface area contributed by atoms with Gasteiger partial charge < -0.3 is 19.6 Å². The summed E-state index contributed by atoms with van der Waals surface area (Å²) in [5, 5.41) is 1.06. The van der Waals surface area contributed by atoms with E-state index in [4.69, 9.17) is 9.72 Å². The van der Waals surface area contributed by atoms with Crippen LogP contribution in [-0.4, -0.2) is 45.1 Å². The Hall–Kier alpha value is -3.42. The maximum atomic E-state index is 14.2. The maximum absolute atomic E-state index is 14.2. The van der Waals surface area contributed by atoms with Crippen molar-refractivity contribution in [2.45, 2.75) is 39.0 Å². The first-order chi connectivity index (χ1) is 15.4. The minimum atomic E-state index is -0.385. The lowest BCUT2D eigenvalue weighted by molar-refractivity contribution is 0.345. The summed E-state index contributed by atoms with van der Waals surface area (Å²) in [6.45, 7) is 8.01. The summed E-state index contributed by atoms with van der Waals surface area (Å²) < 4.78 is 19.3. The standard InChI is InChI=1S/C24H27FN6O/c1-14-11-17-21(28-14)26-13-27-22(17)31-9-7-24(3,8-10-31)23-29-15(2)20(30-23)16-5-6-19(32-4)18(25)12-16/h5-6,11-13H,7-10H2,1-4H3,(H,29,30)(H,26,27,28). The normalized spacial score (nSPS) is 16.0. The van der Waals surface area contributed by atoms with Gasteiger partial charge >= 0.3 is 0 Å². The van der Waals surface area contributed by atoms with Crippen LogP contribution in [0.3, 0.4) is 0 Å². The van der Waals surface area contributed by atoms with Gasteiger partial charge in [0.15, 0.2) is 11.6 Å². The van der Waals surface area contributed by atoms with Crippen molar-refractivity contribution < 1.29 is 9.13 Å². The first-order valence-corrected chi connectivity index (χ1v) is 10.8. The van der Waals surface area contributed by atoms with E-state index >= 15 is 0 Å². The Morgan fingerprint density at radius 1 is 1.09 bits per heavy atom. The van der Waals surface area contributed by atoms with E-state index in [1.165, 1.54) is 13.2 Å². The van der Waals surface area contributed by atoms with Gasteiger partial charge in [0.2, 0.25) is 0 Å². The van der Waals surface area contributed by atoms with Crippen LogP contribution in [0, 0.1) is 19.7 Å². The van der Waals surface area contributed by atoms with E-state index in [0.29, 0.717) is 0 Å². The minimum absolute atomic E-state index is 0.0925. The number of nitrogens with one attached hydrogen (secondary N) is 2. The molecule has 2 N–H and O–H groups in total. The number of halogens is 1. The van der Waals surface area contributed by atoms with Crippen LogP contribution < -0.4 is 9.64 Å². The van der Waals surface area contributed by atoms with Gasteiger partial charge in [0, 0.05) is 35.5 Å². The molecule has 0 unspecified atom stereocenters. The average Bonchev–Trinajstić information content (AvgIpc) is 3.36. The molecule has 0 atom stereocenters. The zero-order valence-corrected chi connectivity index (χ0v) is 18.8. The third-order valence-corrected chi connectivity index (χ3v) is 6.59. The lowest BCUT2D eigenvalue weighted by Crippen LogP contribution is -2.42. The molecule has 166 valence electrons. The molecule has 4 heterocycles. The monoisotopic (exact) mass is 434 g/mol. The number of hydrogen-bond donors (Lipinski definition) is 2. The van der Waals surface area contributed by atoms with Crippen molar-refractivity contribution in [3.63, 3.8) is 0 Å². The molecule has 0 spiro atoms. The summed E-state index contributed by atoms with van der Waals surface area (Å²) in [6, 6.07) is 7.08. The summed E-state index contributed by atoms with van der Waals surface area (Å²) >= 11 is 0. The lowest BCUT2D eigenvalue weighted by atomic mass is 9.79. The SMILES string of the molecule is COc1ccc(-c2nc(C3(C)CCN(c4ncnc5[nH]c(C)cc45)CC3)[nH]c2C)cc1F. The fourth-order valence-corrected chi connectivity index (χ4v) is 4.60. The zero-order valence-electron chi connectivity index (χ0n) is 18.8. The van der Waals surface area contributed by atoms with E-state index in [0.717, 1.165) is 71.3 Å². The average molecular weight is 435 g/mol. The van der Waals surface area contributed by atoms with Gasteiger partial charge in [-0.1, -0.05) is 6.92 Å². The molecular weight excluding hydrogens is 407 g/mol. The number of aromatic nitrogens is 5. The first kappa shape index (κ1) is 20.5. The van der Waals surface area contributed by atoms with Crippen LogP contribution >= 0.6 is 0 Å².